The van der Waals surface area contributed by atoms with Gasteiger partial charge in [-0.15, -0.1) is 0 Å². The fraction of sp³-hybridized carbons (Fsp3) is 0.294. The Morgan fingerprint density at radius 2 is 1.67 bits per heavy atom. The van der Waals surface area contributed by atoms with Gasteiger partial charge >= 0.3 is 0 Å². The van der Waals surface area contributed by atoms with E-state index in [9.17, 15) is 0 Å². The van der Waals surface area contributed by atoms with Crippen molar-refractivity contribution in [2.45, 2.75) is 26.5 Å². The average Bonchev–Trinajstić information content (AvgIpc) is 2.48. The van der Waals surface area contributed by atoms with Gasteiger partial charge in [-0.05, 0) is 68.1 Å². The van der Waals surface area contributed by atoms with Gasteiger partial charge in [-0.25, -0.2) is 0 Å². The molecule has 2 nitrogen and oxygen atoms in total. The van der Waals surface area contributed by atoms with Gasteiger partial charge in [-0.3, -0.25) is 0 Å². The third-order valence-corrected chi connectivity index (χ3v) is 4.22. The van der Waals surface area contributed by atoms with E-state index in [1.54, 1.807) is 0 Å². The molecule has 0 fully saturated rings. The fourth-order valence-corrected chi connectivity index (χ4v) is 3.50. The molecular formula is C17H19Br2NO. The second-order valence-corrected chi connectivity index (χ2v) is 6.55. The largest absolute Gasteiger partial charge is 0.487 e. The first kappa shape index (κ1) is 16.5. The van der Waals surface area contributed by atoms with Crippen molar-refractivity contribution < 1.29 is 4.74 Å². The van der Waals surface area contributed by atoms with Crippen molar-refractivity contribution in [1.82, 2.24) is 5.32 Å². The van der Waals surface area contributed by atoms with Gasteiger partial charge in [0.25, 0.3) is 0 Å². The number of hydrogen-bond donors (Lipinski definition) is 1. The summed E-state index contributed by atoms with van der Waals surface area (Å²) in [7, 11) is 0. The van der Waals surface area contributed by atoms with Gasteiger partial charge < -0.3 is 10.1 Å². The van der Waals surface area contributed by atoms with Crippen molar-refractivity contribution in [3.8, 4) is 5.75 Å². The molecule has 0 amide bonds. The number of halogens is 2. The lowest BCUT2D eigenvalue weighted by Crippen LogP contribution is -2.13. The number of nitrogens with one attached hydrogen (secondary N) is 1. The maximum absolute atomic E-state index is 5.92. The maximum Gasteiger partial charge on any atom is 0.148 e. The van der Waals surface area contributed by atoms with Crippen LogP contribution in [0.25, 0.3) is 0 Å². The Morgan fingerprint density at radius 3 is 2.29 bits per heavy atom. The van der Waals surface area contributed by atoms with Crippen molar-refractivity contribution in [3.63, 3.8) is 0 Å². The summed E-state index contributed by atoms with van der Waals surface area (Å²) in [6.07, 6.45) is 1.14. The molecule has 21 heavy (non-hydrogen) atoms. The molecule has 0 bridgehead atoms. The topological polar surface area (TPSA) is 21.3 Å². The third kappa shape index (κ3) is 5.13. The van der Waals surface area contributed by atoms with E-state index in [1.807, 2.05) is 18.2 Å². The first-order valence-electron chi connectivity index (χ1n) is 7.06. The molecule has 2 rings (SSSR count). The summed E-state index contributed by atoms with van der Waals surface area (Å²) in [6.45, 7) is 4.62. The summed E-state index contributed by atoms with van der Waals surface area (Å²) in [5.74, 6) is 0.845. The minimum absolute atomic E-state index is 0.561. The van der Waals surface area contributed by atoms with E-state index in [0.29, 0.717) is 6.61 Å². The molecular weight excluding hydrogens is 394 g/mol. The van der Waals surface area contributed by atoms with E-state index in [2.05, 4.69) is 68.4 Å². The van der Waals surface area contributed by atoms with Gasteiger partial charge in [-0.1, -0.05) is 37.3 Å². The van der Waals surface area contributed by atoms with E-state index in [4.69, 9.17) is 4.74 Å². The lowest BCUT2D eigenvalue weighted by molar-refractivity contribution is 0.302. The van der Waals surface area contributed by atoms with E-state index in [1.165, 1.54) is 5.56 Å². The van der Waals surface area contributed by atoms with Crippen LogP contribution in [0.15, 0.2) is 51.4 Å². The van der Waals surface area contributed by atoms with Crippen LogP contribution < -0.4 is 10.1 Å². The molecule has 4 heteroatoms. The van der Waals surface area contributed by atoms with Gasteiger partial charge in [0, 0.05) is 6.54 Å². The first-order valence-corrected chi connectivity index (χ1v) is 8.64. The molecule has 0 spiro atoms. The van der Waals surface area contributed by atoms with Crippen LogP contribution in [0.4, 0.5) is 0 Å². The van der Waals surface area contributed by atoms with Crippen molar-refractivity contribution in [1.29, 1.82) is 0 Å². The summed E-state index contributed by atoms with van der Waals surface area (Å²) in [5.41, 5.74) is 2.39. The Hall–Kier alpha value is -0.840. The number of rotatable bonds is 7. The Balaban J connectivity index is 2.03. The van der Waals surface area contributed by atoms with Gasteiger partial charge in [0.15, 0.2) is 0 Å². The highest BCUT2D eigenvalue weighted by Crippen LogP contribution is 2.35. The highest BCUT2D eigenvalue weighted by Gasteiger charge is 2.09. The molecule has 0 heterocycles. The Morgan fingerprint density at radius 1 is 1.00 bits per heavy atom. The quantitative estimate of drug-likeness (QED) is 0.623. The predicted molar refractivity (Wildman–Crippen MR) is 94.6 cm³/mol. The van der Waals surface area contributed by atoms with Gasteiger partial charge in [0.2, 0.25) is 0 Å². The van der Waals surface area contributed by atoms with Crippen molar-refractivity contribution >= 4 is 31.9 Å². The molecule has 0 aliphatic rings. The lowest BCUT2D eigenvalue weighted by Gasteiger charge is -2.13. The molecule has 0 saturated carbocycles. The molecule has 0 aliphatic heterocycles. The molecule has 0 aromatic heterocycles. The van der Waals surface area contributed by atoms with E-state index < -0.39 is 0 Å². The molecule has 0 unspecified atom stereocenters. The minimum atomic E-state index is 0.561. The zero-order valence-electron chi connectivity index (χ0n) is 12.0. The second kappa shape index (κ2) is 8.57. The SMILES string of the molecule is CCCNCc1cc(Br)c(OCc2ccccc2)c(Br)c1. The van der Waals surface area contributed by atoms with Crippen LogP contribution in [0.1, 0.15) is 24.5 Å². The molecule has 0 atom stereocenters. The van der Waals surface area contributed by atoms with Crippen LogP contribution in [-0.4, -0.2) is 6.54 Å². The van der Waals surface area contributed by atoms with E-state index >= 15 is 0 Å². The predicted octanol–water partition coefficient (Wildman–Crippen LogP) is 5.29. The molecule has 2 aromatic carbocycles. The standard InChI is InChI=1S/C17H19Br2NO/c1-2-8-20-11-14-9-15(18)17(16(19)10-14)21-12-13-6-4-3-5-7-13/h3-7,9-10,20H,2,8,11-12H2,1H3. The van der Waals surface area contributed by atoms with Crippen molar-refractivity contribution in [2.75, 3.05) is 6.54 Å². The molecule has 1 N–H and O–H groups in total. The van der Waals surface area contributed by atoms with E-state index in [0.717, 1.165) is 39.8 Å². The molecule has 0 radical (unpaired) electrons. The average molecular weight is 413 g/mol. The van der Waals surface area contributed by atoms with Crippen molar-refractivity contribution in [3.05, 3.63) is 62.5 Å². The van der Waals surface area contributed by atoms with Crippen LogP contribution in [0.3, 0.4) is 0 Å². The van der Waals surface area contributed by atoms with Crippen LogP contribution in [-0.2, 0) is 13.2 Å². The third-order valence-electron chi connectivity index (χ3n) is 3.04. The highest BCUT2D eigenvalue weighted by molar-refractivity contribution is 9.11. The van der Waals surface area contributed by atoms with Crippen LogP contribution >= 0.6 is 31.9 Å². The zero-order chi connectivity index (χ0) is 15.1. The first-order chi connectivity index (χ1) is 10.2. The van der Waals surface area contributed by atoms with Crippen molar-refractivity contribution in [2.24, 2.45) is 0 Å². The summed E-state index contributed by atoms with van der Waals surface area (Å²) in [6, 6.07) is 14.4. The Labute approximate surface area is 143 Å². The minimum Gasteiger partial charge on any atom is -0.487 e. The van der Waals surface area contributed by atoms with Gasteiger partial charge in [0.05, 0.1) is 8.95 Å². The van der Waals surface area contributed by atoms with E-state index in [-0.39, 0.29) is 0 Å². The molecule has 0 aliphatic carbocycles. The normalized spacial score (nSPS) is 10.6. The van der Waals surface area contributed by atoms with Gasteiger partial charge in [0.1, 0.15) is 12.4 Å². The smallest absolute Gasteiger partial charge is 0.148 e. The second-order valence-electron chi connectivity index (χ2n) is 4.84. The van der Waals surface area contributed by atoms with Gasteiger partial charge in [-0.2, -0.15) is 0 Å². The summed E-state index contributed by atoms with van der Waals surface area (Å²) >= 11 is 7.20. The summed E-state index contributed by atoms with van der Waals surface area (Å²) in [4.78, 5) is 0. The number of ether oxygens (including phenoxy) is 1. The monoisotopic (exact) mass is 411 g/mol. The Bertz CT molecular complexity index is 549. The van der Waals surface area contributed by atoms with Crippen LogP contribution in [0.2, 0.25) is 0 Å². The Kier molecular flexibility index (Phi) is 6.74. The highest BCUT2D eigenvalue weighted by atomic mass is 79.9. The maximum atomic E-state index is 5.92. The molecule has 2 aromatic rings. The molecule has 112 valence electrons. The number of hydrogen-bond acceptors (Lipinski definition) is 2. The molecule has 0 saturated heterocycles. The zero-order valence-corrected chi connectivity index (χ0v) is 15.2. The lowest BCUT2D eigenvalue weighted by atomic mass is 10.2. The van der Waals surface area contributed by atoms with Crippen LogP contribution in [0, 0.1) is 0 Å². The number of benzene rings is 2. The summed E-state index contributed by atoms with van der Waals surface area (Å²) in [5, 5.41) is 3.40. The van der Waals surface area contributed by atoms with Crippen LogP contribution in [0.5, 0.6) is 5.75 Å². The summed E-state index contributed by atoms with van der Waals surface area (Å²) < 4.78 is 7.87. The fourth-order valence-electron chi connectivity index (χ4n) is 1.99.